The summed E-state index contributed by atoms with van der Waals surface area (Å²) in [5.74, 6) is 0.662. The van der Waals surface area contributed by atoms with Gasteiger partial charge in [-0.05, 0) is 43.7 Å². The summed E-state index contributed by atoms with van der Waals surface area (Å²) < 4.78 is 51.3. The van der Waals surface area contributed by atoms with E-state index in [4.69, 9.17) is 9.47 Å². The third-order valence-corrected chi connectivity index (χ3v) is 9.41. The van der Waals surface area contributed by atoms with Crippen molar-refractivity contribution < 1.29 is 27.4 Å². The number of anilines is 1. The van der Waals surface area contributed by atoms with Gasteiger partial charge in [0.1, 0.15) is 5.82 Å². The molecule has 1 saturated carbocycles. The normalized spacial score (nSPS) is 27.8. The largest absolute Gasteiger partial charge is 0.416 e. The lowest BCUT2D eigenvalue weighted by Gasteiger charge is -2.44. The molecule has 3 heterocycles. The predicted octanol–water partition coefficient (Wildman–Crippen LogP) is 4.05. The van der Waals surface area contributed by atoms with Gasteiger partial charge in [0.2, 0.25) is 5.91 Å². The molecule has 2 aliphatic heterocycles. The molecule has 3 fully saturated rings. The summed E-state index contributed by atoms with van der Waals surface area (Å²) in [6.07, 6.45) is 0.290. The van der Waals surface area contributed by atoms with Crippen molar-refractivity contribution in [1.82, 2.24) is 20.1 Å². The van der Waals surface area contributed by atoms with Crippen LogP contribution in [0.3, 0.4) is 0 Å². The molecule has 4 atom stereocenters. The van der Waals surface area contributed by atoms with Crippen LogP contribution >= 0.6 is 0 Å². The smallest absolute Gasteiger partial charge is 0.379 e. The van der Waals surface area contributed by atoms with E-state index in [9.17, 15) is 18.0 Å². The number of carbonyl (C=O) groups is 1. The highest BCUT2D eigenvalue weighted by atomic mass is 19.4. The van der Waals surface area contributed by atoms with E-state index in [1.54, 1.807) is 7.11 Å². The highest BCUT2D eigenvalue weighted by Crippen LogP contribution is 2.48. The van der Waals surface area contributed by atoms with E-state index in [1.807, 2.05) is 9.80 Å². The number of methoxy groups -OCH3 is 1. The molecule has 1 aliphatic carbocycles. The fraction of sp³-hybridized carbons (Fsp3) is 0.800. The van der Waals surface area contributed by atoms with Crippen LogP contribution in [0.5, 0.6) is 0 Å². The van der Waals surface area contributed by atoms with Crippen LogP contribution in [0.15, 0.2) is 18.3 Å². The first kappa shape index (κ1) is 32.0. The highest BCUT2D eigenvalue weighted by molar-refractivity contribution is 5.84. The van der Waals surface area contributed by atoms with Gasteiger partial charge < -0.3 is 24.6 Å². The molecule has 0 spiro atoms. The second kappa shape index (κ2) is 13.6. The van der Waals surface area contributed by atoms with Gasteiger partial charge in [-0.25, -0.2) is 4.98 Å². The van der Waals surface area contributed by atoms with E-state index in [2.05, 4.69) is 42.9 Å². The summed E-state index contributed by atoms with van der Waals surface area (Å²) in [6, 6.07) is 3.00. The maximum atomic E-state index is 14.2. The first-order valence-electron chi connectivity index (χ1n) is 15.1. The van der Waals surface area contributed by atoms with Gasteiger partial charge in [-0.2, -0.15) is 13.2 Å². The Morgan fingerprint density at radius 2 is 1.95 bits per heavy atom. The minimum Gasteiger partial charge on any atom is -0.379 e. The van der Waals surface area contributed by atoms with Crippen LogP contribution in [0, 0.1) is 11.3 Å². The quantitative estimate of drug-likeness (QED) is 0.446. The molecule has 1 amide bonds. The Balaban J connectivity index is 1.46. The number of nitrogens with zero attached hydrogens (tertiary/aromatic N) is 4. The molecule has 0 bridgehead atoms. The molecule has 11 heteroatoms. The number of halogens is 3. The first-order chi connectivity index (χ1) is 19.5. The van der Waals surface area contributed by atoms with Crippen molar-refractivity contribution in [3.05, 3.63) is 23.9 Å². The number of rotatable bonds is 10. The Morgan fingerprint density at radius 1 is 1.22 bits per heavy atom. The number of carbonyl (C=O) groups excluding carboxylic acids is 1. The van der Waals surface area contributed by atoms with Gasteiger partial charge in [0.15, 0.2) is 0 Å². The van der Waals surface area contributed by atoms with Crippen molar-refractivity contribution in [1.29, 1.82) is 0 Å². The first-order valence-corrected chi connectivity index (χ1v) is 15.1. The Morgan fingerprint density at radius 3 is 2.59 bits per heavy atom. The number of ether oxygens (including phenoxy) is 2. The Kier molecular flexibility index (Phi) is 10.6. The monoisotopic (exact) mass is 583 g/mol. The van der Waals surface area contributed by atoms with Gasteiger partial charge in [0, 0.05) is 77.3 Å². The lowest BCUT2D eigenvalue weighted by Crippen LogP contribution is -2.56. The van der Waals surface area contributed by atoms with Crippen LogP contribution in [-0.2, 0) is 20.4 Å². The van der Waals surface area contributed by atoms with Crippen molar-refractivity contribution in [2.24, 2.45) is 11.3 Å². The fourth-order valence-corrected chi connectivity index (χ4v) is 6.93. The Hall–Kier alpha value is -1.95. The van der Waals surface area contributed by atoms with Crippen molar-refractivity contribution >= 4 is 11.7 Å². The third-order valence-electron chi connectivity index (χ3n) is 9.41. The molecule has 232 valence electrons. The second-order valence-electron chi connectivity index (χ2n) is 12.4. The molecule has 1 aromatic rings. The summed E-state index contributed by atoms with van der Waals surface area (Å²) in [4.78, 5) is 24.8. The zero-order valence-corrected chi connectivity index (χ0v) is 25.3. The standard InChI is InChI=1S/C30H48F3N5O3/c1-21(2)29(28(39)37-15-13-36(14-16-37)27-18-23(7-10-35-27)30(31,32)33)9-6-24(19-29)38(12-11-34-22(3)4)25-8-17-41-20-26(25)40-5/h7,10,18,21-22,24-26,34H,6,8-9,11-17,19-20H2,1-5H3/t24-,25+,26-,29+/m1/s1. The van der Waals surface area contributed by atoms with Crippen molar-refractivity contribution in [2.45, 2.75) is 83.8 Å². The lowest BCUT2D eigenvalue weighted by molar-refractivity contribution is -0.145. The van der Waals surface area contributed by atoms with Crippen LogP contribution in [0.4, 0.5) is 19.0 Å². The maximum Gasteiger partial charge on any atom is 0.416 e. The fourth-order valence-electron chi connectivity index (χ4n) is 6.93. The van der Waals surface area contributed by atoms with E-state index < -0.39 is 17.2 Å². The molecule has 1 N–H and O–H groups in total. The van der Waals surface area contributed by atoms with Gasteiger partial charge >= 0.3 is 6.18 Å². The number of hydrogen-bond donors (Lipinski definition) is 1. The number of alkyl halides is 3. The van der Waals surface area contributed by atoms with Crippen molar-refractivity contribution in [2.75, 3.05) is 64.5 Å². The van der Waals surface area contributed by atoms with E-state index in [0.717, 1.165) is 50.9 Å². The maximum absolute atomic E-state index is 14.2. The number of hydrogen-bond acceptors (Lipinski definition) is 7. The van der Waals surface area contributed by atoms with E-state index in [1.165, 1.54) is 6.20 Å². The third kappa shape index (κ3) is 7.35. The zero-order valence-electron chi connectivity index (χ0n) is 25.3. The van der Waals surface area contributed by atoms with Gasteiger partial charge in [-0.1, -0.05) is 27.7 Å². The average Bonchev–Trinajstić information content (AvgIpc) is 3.41. The minimum absolute atomic E-state index is 0.00471. The number of pyridine rings is 1. The average molecular weight is 584 g/mol. The molecule has 0 unspecified atom stereocenters. The lowest BCUT2D eigenvalue weighted by atomic mass is 9.74. The van der Waals surface area contributed by atoms with Crippen LogP contribution < -0.4 is 10.2 Å². The summed E-state index contributed by atoms with van der Waals surface area (Å²) in [6.45, 7) is 13.5. The Bertz CT molecular complexity index is 1000. The van der Waals surface area contributed by atoms with Gasteiger partial charge in [0.25, 0.3) is 0 Å². The van der Waals surface area contributed by atoms with Gasteiger partial charge in [0.05, 0.1) is 23.7 Å². The molecule has 2 saturated heterocycles. The summed E-state index contributed by atoms with van der Waals surface area (Å²) in [7, 11) is 1.75. The minimum atomic E-state index is -4.41. The molecule has 1 aromatic heterocycles. The molecular weight excluding hydrogens is 535 g/mol. The van der Waals surface area contributed by atoms with E-state index in [-0.39, 0.29) is 30.0 Å². The molecular formula is C30H48F3N5O3. The van der Waals surface area contributed by atoms with Crippen LogP contribution in [0.25, 0.3) is 0 Å². The summed E-state index contributed by atoms with van der Waals surface area (Å²) in [5.41, 5.74) is -1.16. The summed E-state index contributed by atoms with van der Waals surface area (Å²) >= 11 is 0. The van der Waals surface area contributed by atoms with Crippen LogP contribution in [0.2, 0.25) is 0 Å². The number of piperazine rings is 1. The zero-order chi connectivity index (χ0) is 29.8. The second-order valence-corrected chi connectivity index (χ2v) is 12.4. The van der Waals surface area contributed by atoms with E-state index >= 15 is 0 Å². The topological polar surface area (TPSA) is 70.2 Å². The molecule has 0 aromatic carbocycles. The molecule has 3 aliphatic rings. The van der Waals surface area contributed by atoms with Crippen molar-refractivity contribution in [3.63, 3.8) is 0 Å². The Labute approximate surface area is 242 Å². The SMILES string of the molecule is CO[C@@H]1COCC[C@@H]1N(CCNC(C)C)[C@@H]1CC[C@@](C(=O)N2CCN(c3cc(C(F)(F)F)ccn3)CC2)(C(C)C)C1. The van der Waals surface area contributed by atoms with Gasteiger partial charge in [-0.15, -0.1) is 0 Å². The summed E-state index contributed by atoms with van der Waals surface area (Å²) in [5, 5.41) is 3.56. The molecule has 0 radical (unpaired) electrons. The van der Waals surface area contributed by atoms with E-state index in [0.29, 0.717) is 51.3 Å². The molecule has 41 heavy (non-hydrogen) atoms. The number of nitrogens with one attached hydrogen (secondary N) is 1. The van der Waals surface area contributed by atoms with Crippen LogP contribution in [-0.4, -0.2) is 105 Å². The molecule has 4 rings (SSSR count). The van der Waals surface area contributed by atoms with Crippen molar-refractivity contribution in [3.8, 4) is 0 Å². The highest BCUT2D eigenvalue weighted by Gasteiger charge is 2.52. The predicted molar refractivity (Wildman–Crippen MR) is 153 cm³/mol. The number of amides is 1. The van der Waals surface area contributed by atoms with Crippen LogP contribution in [0.1, 0.15) is 58.9 Å². The molecule has 8 nitrogen and oxygen atoms in total. The number of aromatic nitrogens is 1. The van der Waals surface area contributed by atoms with Gasteiger partial charge in [-0.3, -0.25) is 9.69 Å².